The monoisotopic (exact) mass is 386 g/mol. The number of carbonyl (C=O) groups excluding carboxylic acids is 1. The zero-order valence-corrected chi connectivity index (χ0v) is 14.9. The Bertz CT molecular complexity index is 954. The van der Waals surface area contributed by atoms with Gasteiger partial charge in [0.25, 0.3) is 5.91 Å². The SMILES string of the molecule is CCc1ccc(NC(=O)c2cnc(Nc3cccc(C(F)(F)F)c3)cn2)cc1. The van der Waals surface area contributed by atoms with Gasteiger partial charge in [0.1, 0.15) is 11.5 Å². The van der Waals surface area contributed by atoms with E-state index >= 15 is 0 Å². The molecule has 0 aliphatic rings. The van der Waals surface area contributed by atoms with E-state index in [2.05, 4.69) is 20.6 Å². The molecule has 0 aliphatic carbocycles. The minimum atomic E-state index is -4.43. The predicted molar refractivity (Wildman–Crippen MR) is 101 cm³/mol. The maximum Gasteiger partial charge on any atom is 0.416 e. The summed E-state index contributed by atoms with van der Waals surface area (Å²) >= 11 is 0. The van der Waals surface area contributed by atoms with E-state index in [9.17, 15) is 18.0 Å². The van der Waals surface area contributed by atoms with Crippen LogP contribution in [0.25, 0.3) is 0 Å². The molecular weight excluding hydrogens is 369 g/mol. The normalized spacial score (nSPS) is 11.1. The van der Waals surface area contributed by atoms with Gasteiger partial charge in [-0.2, -0.15) is 13.2 Å². The molecule has 2 aromatic carbocycles. The smallest absolute Gasteiger partial charge is 0.339 e. The molecule has 0 bridgehead atoms. The molecule has 28 heavy (non-hydrogen) atoms. The summed E-state index contributed by atoms with van der Waals surface area (Å²) in [4.78, 5) is 20.3. The third-order valence-corrected chi connectivity index (χ3v) is 3.97. The van der Waals surface area contributed by atoms with Gasteiger partial charge < -0.3 is 10.6 Å². The van der Waals surface area contributed by atoms with Crippen molar-refractivity contribution in [2.24, 2.45) is 0 Å². The highest BCUT2D eigenvalue weighted by Crippen LogP contribution is 2.31. The van der Waals surface area contributed by atoms with E-state index in [0.29, 0.717) is 5.69 Å². The van der Waals surface area contributed by atoms with Crippen molar-refractivity contribution in [2.45, 2.75) is 19.5 Å². The summed E-state index contributed by atoms with van der Waals surface area (Å²) in [5.41, 5.74) is 1.33. The van der Waals surface area contributed by atoms with Crippen LogP contribution in [0.15, 0.2) is 60.9 Å². The Morgan fingerprint density at radius 1 is 1.00 bits per heavy atom. The minimum absolute atomic E-state index is 0.0918. The highest BCUT2D eigenvalue weighted by Gasteiger charge is 2.30. The van der Waals surface area contributed by atoms with E-state index < -0.39 is 17.6 Å². The molecule has 0 radical (unpaired) electrons. The summed E-state index contributed by atoms with van der Waals surface area (Å²) in [6, 6.07) is 12.2. The van der Waals surface area contributed by atoms with E-state index in [1.807, 2.05) is 19.1 Å². The molecule has 1 amide bonds. The van der Waals surface area contributed by atoms with Crippen LogP contribution in [0.3, 0.4) is 0 Å². The standard InChI is InChI=1S/C20H17F3N4O/c1-2-13-6-8-15(9-7-13)27-19(28)17-11-25-18(12-24-17)26-16-5-3-4-14(10-16)20(21,22)23/h3-12H,2H2,1H3,(H,25,26)(H,27,28). The Morgan fingerprint density at radius 2 is 1.75 bits per heavy atom. The molecule has 0 spiro atoms. The highest BCUT2D eigenvalue weighted by atomic mass is 19.4. The largest absolute Gasteiger partial charge is 0.416 e. The fourth-order valence-corrected chi connectivity index (χ4v) is 2.45. The Hall–Kier alpha value is -3.42. The van der Waals surface area contributed by atoms with Crippen LogP contribution in [0.5, 0.6) is 0 Å². The lowest BCUT2D eigenvalue weighted by Gasteiger charge is -2.10. The molecule has 3 aromatic rings. The lowest BCUT2D eigenvalue weighted by Crippen LogP contribution is -2.14. The number of anilines is 3. The third-order valence-electron chi connectivity index (χ3n) is 3.97. The van der Waals surface area contributed by atoms with Gasteiger partial charge >= 0.3 is 6.18 Å². The second-order valence-corrected chi connectivity index (χ2v) is 6.00. The summed E-state index contributed by atoms with van der Waals surface area (Å²) in [5, 5.41) is 5.46. The Balaban J connectivity index is 1.66. The zero-order chi connectivity index (χ0) is 20.1. The molecule has 144 valence electrons. The molecule has 1 heterocycles. The number of amides is 1. The first-order valence-electron chi connectivity index (χ1n) is 8.52. The first-order chi connectivity index (χ1) is 13.3. The molecule has 2 N–H and O–H groups in total. The van der Waals surface area contributed by atoms with Crippen LogP contribution in [0.4, 0.5) is 30.4 Å². The number of halogens is 3. The Kier molecular flexibility index (Phi) is 5.58. The minimum Gasteiger partial charge on any atom is -0.339 e. The molecule has 8 heteroatoms. The Labute approximate surface area is 159 Å². The quantitative estimate of drug-likeness (QED) is 0.644. The van der Waals surface area contributed by atoms with Crippen LogP contribution < -0.4 is 10.6 Å². The first kappa shape index (κ1) is 19.3. The molecule has 3 rings (SSSR count). The fraction of sp³-hybridized carbons (Fsp3) is 0.150. The van der Waals surface area contributed by atoms with Crippen LogP contribution in [0.1, 0.15) is 28.5 Å². The second kappa shape index (κ2) is 8.08. The van der Waals surface area contributed by atoms with E-state index in [1.165, 1.54) is 24.5 Å². The van der Waals surface area contributed by atoms with Crippen molar-refractivity contribution >= 4 is 23.1 Å². The van der Waals surface area contributed by atoms with Crippen molar-refractivity contribution < 1.29 is 18.0 Å². The van der Waals surface area contributed by atoms with Gasteiger partial charge in [0, 0.05) is 11.4 Å². The van der Waals surface area contributed by atoms with Gasteiger partial charge in [0.15, 0.2) is 0 Å². The number of nitrogens with one attached hydrogen (secondary N) is 2. The van der Waals surface area contributed by atoms with E-state index in [-0.39, 0.29) is 17.2 Å². The topological polar surface area (TPSA) is 66.9 Å². The number of nitrogens with zero attached hydrogens (tertiary/aromatic N) is 2. The van der Waals surface area contributed by atoms with Gasteiger partial charge in [-0.25, -0.2) is 9.97 Å². The number of hydrogen-bond donors (Lipinski definition) is 2. The lowest BCUT2D eigenvalue weighted by atomic mass is 10.1. The first-order valence-corrected chi connectivity index (χ1v) is 8.52. The maximum atomic E-state index is 12.8. The summed E-state index contributed by atoms with van der Waals surface area (Å²) in [7, 11) is 0. The average molecular weight is 386 g/mol. The van der Waals surface area contributed by atoms with Crippen molar-refractivity contribution in [1.82, 2.24) is 9.97 Å². The van der Waals surface area contributed by atoms with Crippen molar-refractivity contribution in [2.75, 3.05) is 10.6 Å². The maximum absolute atomic E-state index is 12.8. The highest BCUT2D eigenvalue weighted by molar-refractivity contribution is 6.02. The van der Waals surface area contributed by atoms with Gasteiger partial charge in [-0.05, 0) is 42.3 Å². The predicted octanol–water partition coefficient (Wildman–Crippen LogP) is 5.05. The zero-order valence-electron chi connectivity index (χ0n) is 14.9. The van der Waals surface area contributed by atoms with Crippen molar-refractivity contribution in [3.8, 4) is 0 Å². The molecule has 0 unspecified atom stereocenters. The van der Waals surface area contributed by atoms with Gasteiger partial charge in [-0.3, -0.25) is 4.79 Å². The summed E-state index contributed by atoms with van der Waals surface area (Å²) in [5.74, 6) is -0.203. The number of aromatic nitrogens is 2. The number of alkyl halides is 3. The van der Waals surface area contributed by atoms with Gasteiger partial charge in [-0.15, -0.1) is 0 Å². The van der Waals surface area contributed by atoms with E-state index in [4.69, 9.17) is 0 Å². The van der Waals surface area contributed by atoms with Crippen LogP contribution >= 0.6 is 0 Å². The van der Waals surface area contributed by atoms with Crippen molar-refractivity contribution in [3.05, 3.63) is 77.7 Å². The van der Waals surface area contributed by atoms with Crippen LogP contribution in [-0.4, -0.2) is 15.9 Å². The van der Waals surface area contributed by atoms with E-state index in [1.54, 1.807) is 12.1 Å². The number of hydrogen-bond acceptors (Lipinski definition) is 4. The lowest BCUT2D eigenvalue weighted by molar-refractivity contribution is -0.137. The molecule has 0 atom stereocenters. The third kappa shape index (κ3) is 4.85. The Morgan fingerprint density at radius 3 is 2.36 bits per heavy atom. The number of carbonyl (C=O) groups is 1. The summed E-state index contributed by atoms with van der Waals surface area (Å²) < 4.78 is 38.3. The molecule has 5 nitrogen and oxygen atoms in total. The van der Waals surface area contributed by atoms with Crippen LogP contribution in [0.2, 0.25) is 0 Å². The average Bonchev–Trinajstić information content (AvgIpc) is 2.69. The second-order valence-electron chi connectivity index (χ2n) is 6.00. The molecule has 0 aliphatic heterocycles. The van der Waals surface area contributed by atoms with Crippen LogP contribution in [0, 0.1) is 0 Å². The molecule has 1 aromatic heterocycles. The van der Waals surface area contributed by atoms with Crippen molar-refractivity contribution in [1.29, 1.82) is 0 Å². The van der Waals surface area contributed by atoms with Crippen molar-refractivity contribution in [3.63, 3.8) is 0 Å². The molecule has 0 saturated carbocycles. The van der Waals surface area contributed by atoms with Gasteiger partial charge in [0.05, 0.1) is 18.0 Å². The summed E-state index contributed by atoms with van der Waals surface area (Å²) in [6.07, 6.45) is -0.984. The number of rotatable bonds is 5. The molecule has 0 fully saturated rings. The van der Waals surface area contributed by atoms with E-state index in [0.717, 1.165) is 24.1 Å². The fourth-order valence-electron chi connectivity index (χ4n) is 2.45. The number of benzene rings is 2. The van der Waals surface area contributed by atoms with Gasteiger partial charge in [0.2, 0.25) is 0 Å². The number of aryl methyl sites for hydroxylation is 1. The van der Waals surface area contributed by atoms with Gasteiger partial charge in [-0.1, -0.05) is 25.1 Å². The van der Waals surface area contributed by atoms with Crippen LogP contribution in [-0.2, 0) is 12.6 Å². The molecule has 0 saturated heterocycles. The molecular formula is C20H17F3N4O. The summed E-state index contributed by atoms with van der Waals surface area (Å²) in [6.45, 7) is 2.04.